The number of benzene rings is 4. The van der Waals surface area contributed by atoms with E-state index in [0.717, 1.165) is 42.8 Å². The van der Waals surface area contributed by atoms with E-state index in [9.17, 15) is 9.59 Å². The van der Waals surface area contributed by atoms with Gasteiger partial charge in [-0.2, -0.15) is 0 Å². The highest BCUT2D eigenvalue weighted by Crippen LogP contribution is 2.38. The van der Waals surface area contributed by atoms with Crippen LogP contribution in [0, 0.1) is 3.57 Å². The number of amides is 2. The first-order valence-electron chi connectivity index (χ1n) is 11.9. The minimum absolute atomic E-state index is 0.233. The van der Waals surface area contributed by atoms with E-state index in [0.29, 0.717) is 29.6 Å². The number of imide groups is 1. The van der Waals surface area contributed by atoms with Gasteiger partial charge in [0, 0.05) is 0 Å². The summed E-state index contributed by atoms with van der Waals surface area (Å²) in [7, 11) is 0. The number of nitrogens with zero attached hydrogens (tertiary/aromatic N) is 1. The SMILES string of the molecule is CCOc1cc(/C=C2\SC(=O)N(Cc3cccc4ccccc34)C2=O)cc(I)c1OCc1ccccc1. The molecule has 0 N–H and O–H groups in total. The second-order valence-corrected chi connectivity index (χ2v) is 10.6. The second-order valence-electron chi connectivity index (χ2n) is 8.44. The Morgan fingerprint density at radius 1 is 0.919 bits per heavy atom. The van der Waals surface area contributed by atoms with Gasteiger partial charge in [0.25, 0.3) is 11.1 Å². The van der Waals surface area contributed by atoms with Crippen molar-refractivity contribution in [2.24, 2.45) is 0 Å². The lowest BCUT2D eigenvalue weighted by atomic mass is 10.0. The van der Waals surface area contributed by atoms with Crippen molar-refractivity contribution in [1.29, 1.82) is 0 Å². The highest BCUT2D eigenvalue weighted by molar-refractivity contribution is 14.1. The second kappa shape index (κ2) is 11.4. The van der Waals surface area contributed by atoms with Gasteiger partial charge in [0.1, 0.15) is 6.61 Å². The molecule has 4 aromatic rings. The normalized spacial score (nSPS) is 14.5. The molecular weight excluding hydrogens is 597 g/mol. The number of carbonyl (C=O) groups excluding carboxylic acids is 2. The van der Waals surface area contributed by atoms with Crippen molar-refractivity contribution >= 4 is 62.3 Å². The molecule has 1 aliphatic heterocycles. The third kappa shape index (κ3) is 5.67. The van der Waals surface area contributed by atoms with Crippen molar-refractivity contribution in [2.75, 3.05) is 6.61 Å². The van der Waals surface area contributed by atoms with E-state index in [1.54, 1.807) is 6.08 Å². The summed E-state index contributed by atoms with van der Waals surface area (Å²) in [5, 5.41) is 1.84. The first-order chi connectivity index (χ1) is 18.0. The zero-order valence-electron chi connectivity index (χ0n) is 20.1. The van der Waals surface area contributed by atoms with Crippen molar-refractivity contribution in [1.82, 2.24) is 4.90 Å². The highest BCUT2D eigenvalue weighted by Gasteiger charge is 2.35. The number of hydrogen-bond acceptors (Lipinski definition) is 5. The summed E-state index contributed by atoms with van der Waals surface area (Å²) in [6, 6.07) is 27.6. The molecule has 1 saturated heterocycles. The van der Waals surface area contributed by atoms with Crippen LogP contribution in [-0.2, 0) is 17.9 Å². The molecule has 0 saturated carbocycles. The summed E-state index contributed by atoms with van der Waals surface area (Å²) < 4.78 is 12.8. The molecule has 0 unspecified atom stereocenters. The van der Waals surface area contributed by atoms with E-state index in [1.165, 1.54) is 4.90 Å². The molecule has 2 amide bonds. The highest BCUT2D eigenvalue weighted by atomic mass is 127. The summed E-state index contributed by atoms with van der Waals surface area (Å²) in [6.07, 6.45) is 1.75. The number of rotatable bonds is 8. The molecule has 0 atom stereocenters. The zero-order valence-corrected chi connectivity index (χ0v) is 23.1. The zero-order chi connectivity index (χ0) is 25.8. The van der Waals surface area contributed by atoms with Crippen LogP contribution < -0.4 is 9.47 Å². The molecule has 186 valence electrons. The van der Waals surface area contributed by atoms with Gasteiger partial charge in [0.2, 0.25) is 0 Å². The molecule has 0 radical (unpaired) electrons. The van der Waals surface area contributed by atoms with Gasteiger partial charge in [-0.3, -0.25) is 14.5 Å². The molecule has 0 aromatic heterocycles. The molecule has 0 bridgehead atoms. The number of carbonyl (C=O) groups is 2. The average molecular weight is 621 g/mol. The molecule has 0 spiro atoms. The Hall–Kier alpha value is -3.30. The number of thioether (sulfide) groups is 1. The lowest BCUT2D eigenvalue weighted by Gasteiger charge is -2.15. The lowest BCUT2D eigenvalue weighted by molar-refractivity contribution is -0.123. The van der Waals surface area contributed by atoms with E-state index in [-0.39, 0.29) is 17.7 Å². The molecular formula is C30H24INO4S. The van der Waals surface area contributed by atoms with Crippen molar-refractivity contribution in [3.63, 3.8) is 0 Å². The fraction of sp³-hybridized carbons (Fsp3) is 0.133. The third-order valence-electron chi connectivity index (χ3n) is 5.94. The van der Waals surface area contributed by atoms with Crippen molar-refractivity contribution in [3.8, 4) is 11.5 Å². The monoisotopic (exact) mass is 621 g/mol. The number of hydrogen-bond donors (Lipinski definition) is 0. The van der Waals surface area contributed by atoms with Gasteiger partial charge in [0.15, 0.2) is 11.5 Å². The molecule has 37 heavy (non-hydrogen) atoms. The maximum absolute atomic E-state index is 13.2. The topological polar surface area (TPSA) is 55.8 Å². The predicted molar refractivity (Wildman–Crippen MR) is 157 cm³/mol. The standard InChI is InChI=1S/C30H24INO4S/c1-2-35-26-16-21(15-25(31)28(26)36-19-20-9-4-3-5-10-20)17-27-29(33)32(30(34)37-27)18-23-13-8-12-22-11-6-7-14-24(22)23/h3-17H,2,18-19H2,1H3/b27-17-. The lowest BCUT2D eigenvalue weighted by Crippen LogP contribution is -2.27. The van der Waals surface area contributed by atoms with Crippen LogP contribution in [0.25, 0.3) is 16.8 Å². The number of fused-ring (bicyclic) bond motifs is 1. The largest absolute Gasteiger partial charge is 0.490 e. The van der Waals surface area contributed by atoms with Crippen LogP contribution in [0.1, 0.15) is 23.6 Å². The van der Waals surface area contributed by atoms with Gasteiger partial charge >= 0.3 is 0 Å². The van der Waals surface area contributed by atoms with Crippen LogP contribution in [0.2, 0.25) is 0 Å². The Kier molecular flexibility index (Phi) is 7.81. The number of halogens is 1. The van der Waals surface area contributed by atoms with Crippen molar-refractivity contribution < 1.29 is 19.1 Å². The van der Waals surface area contributed by atoms with E-state index < -0.39 is 0 Å². The average Bonchev–Trinajstić information content (AvgIpc) is 3.16. The van der Waals surface area contributed by atoms with Crippen molar-refractivity contribution in [2.45, 2.75) is 20.1 Å². The fourth-order valence-corrected chi connectivity index (χ4v) is 5.81. The van der Waals surface area contributed by atoms with Gasteiger partial charge in [-0.1, -0.05) is 72.8 Å². The van der Waals surface area contributed by atoms with E-state index in [4.69, 9.17) is 9.47 Å². The van der Waals surface area contributed by atoms with Crippen LogP contribution in [0.3, 0.4) is 0 Å². The summed E-state index contributed by atoms with van der Waals surface area (Å²) in [5.74, 6) is 0.972. The Bertz CT molecular complexity index is 1500. The molecule has 1 aliphatic rings. The molecule has 5 rings (SSSR count). The minimum atomic E-state index is -0.291. The summed E-state index contributed by atoms with van der Waals surface area (Å²) in [5.41, 5.74) is 2.77. The Labute approximate surface area is 233 Å². The number of ether oxygens (including phenoxy) is 2. The Morgan fingerprint density at radius 2 is 1.68 bits per heavy atom. The summed E-state index contributed by atoms with van der Waals surface area (Å²) >= 11 is 3.18. The quantitative estimate of drug-likeness (QED) is 0.149. The minimum Gasteiger partial charge on any atom is -0.490 e. The van der Waals surface area contributed by atoms with Crippen LogP contribution in [0.4, 0.5) is 4.79 Å². The Balaban J connectivity index is 1.38. The molecule has 4 aromatic carbocycles. The van der Waals surface area contributed by atoms with Gasteiger partial charge in [-0.05, 0) is 86.9 Å². The summed E-state index contributed by atoms with van der Waals surface area (Å²) in [4.78, 5) is 27.8. The van der Waals surface area contributed by atoms with Gasteiger partial charge in [0.05, 0.1) is 21.6 Å². The van der Waals surface area contributed by atoms with Gasteiger partial charge in [-0.25, -0.2) is 0 Å². The van der Waals surface area contributed by atoms with Crippen LogP contribution in [0.15, 0.2) is 89.8 Å². The molecule has 5 nitrogen and oxygen atoms in total. The van der Waals surface area contributed by atoms with Gasteiger partial charge < -0.3 is 9.47 Å². The van der Waals surface area contributed by atoms with Crippen LogP contribution >= 0.6 is 34.4 Å². The molecule has 7 heteroatoms. The van der Waals surface area contributed by atoms with E-state index in [2.05, 4.69) is 22.6 Å². The van der Waals surface area contributed by atoms with Crippen molar-refractivity contribution in [3.05, 3.63) is 110 Å². The van der Waals surface area contributed by atoms with Crippen LogP contribution in [-0.4, -0.2) is 22.7 Å². The molecule has 0 aliphatic carbocycles. The maximum Gasteiger partial charge on any atom is 0.293 e. The molecule has 1 heterocycles. The van der Waals surface area contributed by atoms with E-state index >= 15 is 0 Å². The first-order valence-corrected chi connectivity index (χ1v) is 13.8. The first kappa shape index (κ1) is 25.4. The summed E-state index contributed by atoms with van der Waals surface area (Å²) in [6.45, 7) is 3.04. The van der Waals surface area contributed by atoms with E-state index in [1.807, 2.05) is 91.9 Å². The third-order valence-corrected chi connectivity index (χ3v) is 7.65. The van der Waals surface area contributed by atoms with Gasteiger partial charge in [-0.15, -0.1) is 0 Å². The fourth-order valence-electron chi connectivity index (χ4n) is 4.19. The predicted octanol–water partition coefficient (Wildman–Crippen LogP) is 7.66. The Morgan fingerprint density at radius 3 is 2.49 bits per heavy atom. The molecule has 1 fully saturated rings. The maximum atomic E-state index is 13.2. The smallest absolute Gasteiger partial charge is 0.293 e. The van der Waals surface area contributed by atoms with Crippen LogP contribution in [0.5, 0.6) is 11.5 Å².